The van der Waals surface area contributed by atoms with Gasteiger partial charge in [-0.05, 0) is 25.2 Å². The summed E-state index contributed by atoms with van der Waals surface area (Å²) in [5.41, 5.74) is 4.21. The maximum atomic E-state index is 12.7. The maximum absolute atomic E-state index is 12.7. The molecule has 0 unspecified atom stereocenters. The van der Waals surface area contributed by atoms with Gasteiger partial charge in [-0.1, -0.05) is 30.0 Å². The summed E-state index contributed by atoms with van der Waals surface area (Å²) >= 11 is 6.16. The first-order chi connectivity index (χ1) is 11.0. The van der Waals surface area contributed by atoms with Crippen LogP contribution in [0.15, 0.2) is 29.2 Å². The van der Waals surface area contributed by atoms with Crippen LogP contribution < -0.4 is 10.3 Å². The van der Waals surface area contributed by atoms with Gasteiger partial charge < -0.3 is 4.90 Å². The highest BCUT2D eigenvalue weighted by Crippen LogP contribution is 2.43. The third-order valence-electron chi connectivity index (χ3n) is 3.51. The molecule has 0 saturated carbocycles. The minimum absolute atomic E-state index is 0.202. The van der Waals surface area contributed by atoms with E-state index in [4.69, 9.17) is 12.2 Å². The average Bonchev–Trinajstić information content (AvgIpc) is 2.94. The normalized spacial score (nSPS) is 20.3. The molecule has 0 atom stereocenters. The first-order valence-corrected chi connectivity index (χ1v) is 8.17. The van der Waals surface area contributed by atoms with Crippen LogP contribution in [-0.2, 0) is 14.4 Å². The van der Waals surface area contributed by atoms with Crippen molar-refractivity contribution >= 4 is 57.3 Å². The van der Waals surface area contributed by atoms with Crippen LogP contribution in [0.1, 0.15) is 19.4 Å². The summed E-state index contributed by atoms with van der Waals surface area (Å²) in [5, 5.41) is 1.01. The van der Waals surface area contributed by atoms with E-state index in [0.29, 0.717) is 17.7 Å². The van der Waals surface area contributed by atoms with Crippen LogP contribution in [0.5, 0.6) is 0 Å². The molecule has 3 amide bonds. The molecule has 2 heterocycles. The summed E-state index contributed by atoms with van der Waals surface area (Å²) in [6.45, 7) is 3.67. The van der Waals surface area contributed by atoms with Gasteiger partial charge in [-0.15, -0.1) is 0 Å². The Morgan fingerprint density at radius 1 is 1.26 bits per heavy atom. The lowest BCUT2D eigenvalue weighted by molar-refractivity contribution is -0.132. The highest BCUT2D eigenvalue weighted by molar-refractivity contribution is 8.26. The molecule has 3 rings (SSSR count). The number of thiocarbonyl (C=S) groups is 1. The predicted octanol–water partition coefficient (Wildman–Crippen LogP) is 1.68. The van der Waals surface area contributed by atoms with E-state index in [9.17, 15) is 14.4 Å². The van der Waals surface area contributed by atoms with Gasteiger partial charge in [0.2, 0.25) is 5.91 Å². The fourth-order valence-electron chi connectivity index (χ4n) is 2.59. The van der Waals surface area contributed by atoms with E-state index in [1.807, 2.05) is 31.2 Å². The largest absolute Gasteiger partial charge is 0.308 e. The van der Waals surface area contributed by atoms with Crippen LogP contribution in [0.3, 0.4) is 0 Å². The van der Waals surface area contributed by atoms with E-state index in [1.165, 1.54) is 6.92 Å². The lowest BCUT2D eigenvalue weighted by atomic mass is 10.1. The van der Waals surface area contributed by atoms with Crippen molar-refractivity contribution in [2.45, 2.75) is 13.8 Å². The van der Waals surface area contributed by atoms with Crippen molar-refractivity contribution in [2.24, 2.45) is 0 Å². The molecule has 1 aromatic rings. The number of carbonyl (C=O) groups is 3. The van der Waals surface area contributed by atoms with E-state index < -0.39 is 11.8 Å². The number of hydrogen-bond acceptors (Lipinski definition) is 5. The second-order valence-electron chi connectivity index (χ2n) is 4.95. The number of nitrogens with one attached hydrogen (secondary N) is 1. The zero-order chi connectivity index (χ0) is 16.7. The number of rotatable bonds is 2. The predicted molar refractivity (Wildman–Crippen MR) is 92.2 cm³/mol. The van der Waals surface area contributed by atoms with E-state index in [2.05, 4.69) is 5.43 Å². The number of anilines is 1. The Bertz CT molecular complexity index is 788. The average molecular weight is 347 g/mol. The molecule has 0 radical (unpaired) electrons. The molecule has 1 N–H and O–H groups in total. The number of hydrogen-bond donors (Lipinski definition) is 1. The molecular weight excluding hydrogens is 334 g/mol. The first kappa shape index (κ1) is 15.7. The van der Waals surface area contributed by atoms with Gasteiger partial charge in [-0.25, -0.2) is 0 Å². The van der Waals surface area contributed by atoms with Gasteiger partial charge in [-0.3, -0.25) is 19.8 Å². The SMILES string of the molecule is CCN1C(=O)/C(=C2\SC(=S)N(NC(C)=O)C2=O)c2ccccc21. The first-order valence-electron chi connectivity index (χ1n) is 6.94. The number of benzene rings is 1. The minimum atomic E-state index is -0.480. The molecule has 0 aromatic heterocycles. The van der Waals surface area contributed by atoms with Crippen LogP contribution in [0.4, 0.5) is 5.69 Å². The molecule has 8 heteroatoms. The topological polar surface area (TPSA) is 69.7 Å². The van der Waals surface area contributed by atoms with Crippen LogP contribution in [-0.4, -0.2) is 33.6 Å². The summed E-state index contributed by atoms with van der Waals surface area (Å²) < 4.78 is 0.202. The molecule has 0 bridgehead atoms. The summed E-state index contributed by atoms with van der Waals surface area (Å²) in [7, 11) is 0. The van der Waals surface area contributed by atoms with Gasteiger partial charge in [0, 0.05) is 19.0 Å². The molecular formula is C15H13N3O3S2. The number of nitrogens with zero attached hydrogens (tertiary/aromatic N) is 2. The van der Waals surface area contributed by atoms with Crippen molar-refractivity contribution in [2.75, 3.05) is 11.4 Å². The zero-order valence-electron chi connectivity index (χ0n) is 12.5. The fraction of sp³-hybridized carbons (Fsp3) is 0.200. The Balaban J connectivity index is 2.12. The summed E-state index contributed by atoms with van der Waals surface area (Å²) in [6.07, 6.45) is 0. The second kappa shape index (κ2) is 5.78. The number of amides is 3. The van der Waals surface area contributed by atoms with Crippen molar-refractivity contribution in [1.29, 1.82) is 0 Å². The molecule has 1 aromatic carbocycles. The molecule has 2 aliphatic heterocycles. The Hall–Kier alpha value is -2.19. The molecule has 0 aliphatic carbocycles. The molecule has 0 spiro atoms. The van der Waals surface area contributed by atoms with E-state index in [-0.39, 0.29) is 15.1 Å². The summed E-state index contributed by atoms with van der Waals surface area (Å²) in [5.74, 6) is -1.11. The Morgan fingerprint density at radius 3 is 2.61 bits per heavy atom. The number of fused-ring (bicyclic) bond motifs is 1. The molecule has 1 saturated heterocycles. The van der Waals surface area contributed by atoms with Crippen LogP contribution >= 0.6 is 24.0 Å². The molecule has 23 heavy (non-hydrogen) atoms. The number of carbonyl (C=O) groups excluding carboxylic acids is 3. The van der Waals surface area contributed by atoms with E-state index in [0.717, 1.165) is 22.5 Å². The van der Waals surface area contributed by atoms with Crippen LogP contribution in [0.25, 0.3) is 5.57 Å². The highest BCUT2D eigenvalue weighted by Gasteiger charge is 2.42. The van der Waals surface area contributed by atoms with Crippen LogP contribution in [0.2, 0.25) is 0 Å². The fourth-order valence-corrected chi connectivity index (χ4v) is 3.84. The minimum Gasteiger partial charge on any atom is -0.308 e. The van der Waals surface area contributed by atoms with Gasteiger partial charge in [0.15, 0.2) is 4.32 Å². The maximum Gasteiger partial charge on any atom is 0.286 e. The number of hydrazine groups is 1. The summed E-state index contributed by atoms with van der Waals surface area (Å²) in [4.78, 5) is 38.4. The Labute approximate surface area is 142 Å². The monoisotopic (exact) mass is 347 g/mol. The van der Waals surface area contributed by atoms with E-state index in [1.54, 1.807) is 4.90 Å². The Kier molecular flexibility index (Phi) is 3.95. The number of thioether (sulfide) groups is 1. The van der Waals surface area contributed by atoms with Crippen LogP contribution in [0, 0.1) is 0 Å². The summed E-state index contributed by atoms with van der Waals surface area (Å²) in [6, 6.07) is 7.32. The highest BCUT2D eigenvalue weighted by atomic mass is 32.2. The lowest BCUT2D eigenvalue weighted by Gasteiger charge is -2.14. The van der Waals surface area contributed by atoms with Crippen molar-refractivity contribution in [1.82, 2.24) is 10.4 Å². The molecule has 6 nitrogen and oxygen atoms in total. The van der Waals surface area contributed by atoms with Crippen molar-refractivity contribution in [3.8, 4) is 0 Å². The van der Waals surface area contributed by atoms with Crippen molar-refractivity contribution < 1.29 is 14.4 Å². The standard InChI is InChI=1S/C15H13N3O3S2/c1-3-17-10-7-5-4-6-9(10)11(13(17)20)12-14(21)18(15(22)23-12)16-8(2)19/h4-7H,3H2,1-2H3,(H,16,19)/b12-11-. The number of likely N-dealkylation sites (N-methyl/N-ethyl adjacent to an activating group) is 1. The molecule has 1 fully saturated rings. The van der Waals surface area contributed by atoms with Crippen molar-refractivity contribution in [3.63, 3.8) is 0 Å². The zero-order valence-corrected chi connectivity index (χ0v) is 14.1. The quantitative estimate of drug-likeness (QED) is 0.651. The number of para-hydroxylation sites is 1. The van der Waals surface area contributed by atoms with E-state index >= 15 is 0 Å². The molecule has 2 aliphatic rings. The van der Waals surface area contributed by atoms with Gasteiger partial charge in [-0.2, -0.15) is 5.01 Å². The van der Waals surface area contributed by atoms with Gasteiger partial charge in [0.1, 0.15) is 0 Å². The van der Waals surface area contributed by atoms with Crippen molar-refractivity contribution in [3.05, 3.63) is 34.7 Å². The molecule has 118 valence electrons. The third-order valence-corrected chi connectivity index (χ3v) is 4.88. The van der Waals surface area contributed by atoms with Gasteiger partial charge in [0.25, 0.3) is 11.8 Å². The van der Waals surface area contributed by atoms with Gasteiger partial charge in [0.05, 0.1) is 16.2 Å². The Morgan fingerprint density at radius 2 is 1.96 bits per heavy atom. The third kappa shape index (κ3) is 2.43. The smallest absolute Gasteiger partial charge is 0.286 e. The lowest BCUT2D eigenvalue weighted by Crippen LogP contribution is -2.43. The second-order valence-corrected chi connectivity index (χ2v) is 6.59. The van der Waals surface area contributed by atoms with Gasteiger partial charge >= 0.3 is 0 Å².